The van der Waals surface area contributed by atoms with E-state index in [1.165, 1.54) is 25.6 Å². The number of carbonyl (C=O) groups is 1. The van der Waals surface area contributed by atoms with Crippen LogP contribution in [0, 0.1) is 0 Å². The highest BCUT2D eigenvalue weighted by atomic mass is 16.5. The maximum atomic E-state index is 11.8. The van der Waals surface area contributed by atoms with Gasteiger partial charge >= 0.3 is 5.97 Å². The van der Waals surface area contributed by atoms with E-state index in [0.29, 0.717) is 18.1 Å². The Morgan fingerprint density at radius 1 is 1.41 bits per heavy atom. The maximum Gasteiger partial charge on any atom is 0.341 e. The van der Waals surface area contributed by atoms with Gasteiger partial charge in [-0.25, -0.2) is 14.8 Å². The molecule has 0 atom stereocenters. The number of esters is 1. The van der Waals surface area contributed by atoms with E-state index in [4.69, 9.17) is 4.74 Å². The summed E-state index contributed by atoms with van der Waals surface area (Å²) in [5.41, 5.74) is 1.42. The maximum absolute atomic E-state index is 11.8. The topological polar surface area (TPSA) is 52.1 Å². The summed E-state index contributed by atoms with van der Waals surface area (Å²) in [5.74, 6) is 0.0971. The molecule has 1 heterocycles. The first-order chi connectivity index (χ1) is 8.33. The van der Waals surface area contributed by atoms with Crippen molar-refractivity contribution in [1.29, 1.82) is 0 Å². The van der Waals surface area contributed by atoms with Gasteiger partial charge in [-0.1, -0.05) is 19.3 Å². The van der Waals surface area contributed by atoms with Gasteiger partial charge in [0.25, 0.3) is 0 Å². The number of rotatable bonds is 3. The van der Waals surface area contributed by atoms with Gasteiger partial charge in [0.05, 0.1) is 17.9 Å². The predicted octanol–water partition coefficient (Wildman–Crippen LogP) is 2.70. The predicted molar refractivity (Wildman–Crippen MR) is 63.8 cm³/mol. The Morgan fingerprint density at radius 3 is 2.88 bits per heavy atom. The van der Waals surface area contributed by atoms with Crippen LogP contribution in [0.25, 0.3) is 0 Å². The highest BCUT2D eigenvalue weighted by Crippen LogP contribution is 2.32. The Bertz CT molecular complexity index is 387. The first-order valence-electron chi connectivity index (χ1n) is 6.30. The van der Waals surface area contributed by atoms with Crippen molar-refractivity contribution in [1.82, 2.24) is 9.97 Å². The number of hydrogen-bond acceptors (Lipinski definition) is 4. The first kappa shape index (κ1) is 12.0. The molecule has 0 amide bonds. The van der Waals surface area contributed by atoms with Gasteiger partial charge in [0, 0.05) is 12.1 Å². The Kier molecular flexibility index (Phi) is 4.07. The fourth-order valence-corrected chi connectivity index (χ4v) is 2.41. The molecule has 0 aromatic carbocycles. The van der Waals surface area contributed by atoms with E-state index >= 15 is 0 Å². The summed E-state index contributed by atoms with van der Waals surface area (Å²) in [6, 6.07) is 0. The normalized spacial score (nSPS) is 16.8. The summed E-state index contributed by atoms with van der Waals surface area (Å²) < 4.78 is 5.04. The molecule has 0 spiro atoms. The van der Waals surface area contributed by atoms with Crippen LogP contribution in [0.15, 0.2) is 12.5 Å². The van der Waals surface area contributed by atoms with E-state index in [9.17, 15) is 4.79 Å². The van der Waals surface area contributed by atoms with E-state index in [1.807, 2.05) is 6.92 Å². The highest BCUT2D eigenvalue weighted by molar-refractivity contribution is 5.90. The van der Waals surface area contributed by atoms with Crippen molar-refractivity contribution < 1.29 is 9.53 Å². The zero-order chi connectivity index (χ0) is 12.1. The lowest BCUT2D eigenvalue weighted by Gasteiger charge is -2.22. The number of ether oxygens (including phenoxy) is 1. The fourth-order valence-electron chi connectivity index (χ4n) is 2.41. The molecule has 1 aliphatic rings. The van der Waals surface area contributed by atoms with Crippen LogP contribution in [0.1, 0.15) is 61.0 Å². The van der Waals surface area contributed by atoms with E-state index in [1.54, 1.807) is 6.20 Å². The molecule has 1 saturated carbocycles. The standard InChI is InChI=1S/C13H18N2O2/c1-2-17-13(16)11-8-14-9-15-12(11)10-6-4-3-5-7-10/h8-10H,2-7H2,1H3. The number of hydrogen-bond donors (Lipinski definition) is 0. The van der Waals surface area contributed by atoms with Crippen molar-refractivity contribution >= 4 is 5.97 Å². The molecule has 0 saturated heterocycles. The SMILES string of the molecule is CCOC(=O)c1cncnc1C1CCCCC1. The molecule has 1 aromatic heterocycles. The molecule has 0 radical (unpaired) electrons. The summed E-state index contributed by atoms with van der Waals surface area (Å²) in [6.45, 7) is 2.19. The molecule has 4 nitrogen and oxygen atoms in total. The lowest BCUT2D eigenvalue weighted by Crippen LogP contribution is -2.15. The fraction of sp³-hybridized carbons (Fsp3) is 0.615. The minimum Gasteiger partial charge on any atom is -0.462 e. The molecule has 1 fully saturated rings. The van der Waals surface area contributed by atoms with Gasteiger partial charge in [-0.3, -0.25) is 0 Å². The summed E-state index contributed by atoms with van der Waals surface area (Å²) in [6.07, 6.45) is 9.05. The summed E-state index contributed by atoms with van der Waals surface area (Å²) in [5, 5.41) is 0. The largest absolute Gasteiger partial charge is 0.462 e. The van der Waals surface area contributed by atoms with E-state index in [-0.39, 0.29) is 5.97 Å². The molecule has 4 heteroatoms. The van der Waals surface area contributed by atoms with Crippen LogP contribution in [-0.4, -0.2) is 22.5 Å². The van der Waals surface area contributed by atoms with Gasteiger partial charge in [-0.2, -0.15) is 0 Å². The van der Waals surface area contributed by atoms with Crippen molar-refractivity contribution in [3.8, 4) is 0 Å². The van der Waals surface area contributed by atoms with Crippen molar-refractivity contribution in [2.75, 3.05) is 6.61 Å². The molecule has 0 bridgehead atoms. The van der Waals surface area contributed by atoms with Crippen LogP contribution in [0.4, 0.5) is 0 Å². The number of aromatic nitrogens is 2. The Balaban J connectivity index is 2.23. The van der Waals surface area contributed by atoms with Crippen LogP contribution >= 0.6 is 0 Å². The first-order valence-corrected chi connectivity index (χ1v) is 6.30. The average molecular weight is 234 g/mol. The summed E-state index contributed by atoms with van der Waals surface area (Å²) in [4.78, 5) is 20.0. The summed E-state index contributed by atoms with van der Waals surface area (Å²) in [7, 11) is 0. The van der Waals surface area contributed by atoms with Gasteiger partial charge in [-0.15, -0.1) is 0 Å². The Morgan fingerprint density at radius 2 is 2.18 bits per heavy atom. The molecule has 17 heavy (non-hydrogen) atoms. The van der Waals surface area contributed by atoms with Crippen LogP contribution in [-0.2, 0) is 4.74 Å². The van der Waals surface area contributed by atoms with Crippen LogP contribution < -0.4 is 0 Å². The molecular weight excluding hydrogens is 216 g/mol. The molecule has 2 rings (SSSR count). The second-order valence-corrected chi connectivity index (χ2v) is 4.38. The third kappa shape index (κ3) is 2.81. The molecule has 0 N–H and O–H groups in total. The van der Waals surface area contributed by atoms with E-state index in [0.717, 1.165) is 18.5 Å². The monoisotopic (exact) mass is 234 g/mol. The molecule has 92 valence electrons. The Labute approximate surface area is 101 Å². The smallest absolute Gasteiger partial charge is 0.341 e. The van der Waals surface area contributed by atoms with Gasteiger partial charge < -0.3 is 4.74 Å². The lowest BCUT2D eigenvalue weighted by atomic mass is 9.85. The van der Waals surface area contributed by atoms with Crippen molar-refractivity contribution in [3.05, 3.63) is 23.8 Å². The van der Waals surface area contributed by atoms with Crippen LogP contribution in [0.3, 0.4) is 0 Å². The number of nitrogens with zero attached hydrogens (tertiary/aromatic N) is 2. The van der Waals surface area contributed by atoms with Gasteiger partial charge in [0.15, 0.2) is 0 Å². The van der Waals surface area contributed by atoms with E-state index in [2.05, 4.69) is 9.97 Å². The van der Waals surface area contributed by atoms with Gasteiger partial charge in [-0.05, 0) is 19.8 Å². The second kappa shape index (κ2) is 5.75. The number of carbonyl (C=O) groups excluding carboxylic acids is 1. The van der Waals surface area contributed by atoms with E-state index < -0.39 is 0 Å². The molecule has 0 aliphatic heterocycles. The zero-order valence-corrected chi connectivity index (χ0v) is 10.2. The second-order valence-electron chi connectivity index (χ2n) is 4.38. The van der Waals surface area contributed by atoms with Gasteiger partial charge in [0.2, 0.25) is 0 Å². The third-order valence-electron chi connectivity index (χ3n) is 3.23. The minimum atomic E-state index is -0.298. The lowest BCUT2D eigenvalue weighted by molar-refractivity contribution is 0.0523. The van der Waals surface area contributed by atoms with Crippen molar-refractivity contribution in [3.63, 3.8) is 0 Å². The Hall–Kier alpha value is -1.45. The van der Waals surface area contributed by atoms with Crippen LogP contribution in [0.2, 0.25) is 0 Å². The molecule has 1 aliphatic carbocycles. The van der Waals surface area contributed by atoms with Crippen LogP contribution in [0.5, 0.6) is 0 Å². The summed E-state index contributed by atoms with van der Waals surface area (Å²) >= 11 is 0. The van der Waals surface area contributed by atoms with Gasteiger partial charge in [0.1, 0.15) is 6.33 Å². The third-order valence-corrected chi connectivity index (χ3v) is 3.23. The average Bonchev–Trinajstić information content (AvgIpc) is 2.40. The van der Waals surface area contributed by atoms with Crippen molar-refractivity contribution in [2.24, 2.45) is 0 Å². The highest BCUT2D eigenvalue weighted by Gasteiger charge is 2.23. The quantitative estimate of drug-likeness (QED) is 0.754. The molecule has 1 aromatic rings. The van der Waals surface area contributed by atoms with Crippen molar-refractivity contribution in [2.45, 2.75) is 44.9 Å². The molecular formula is C13H18N2O2. The zero-order valence-electron chi connectivity index (χ0n) is 10.2. The molecule has 0 unspecified atom stereocenters. The minimum absolute atomic E-state index is 0.298.